The predicted molar refractivity (Wildman–Crippen MR) is 229 cm³/mol. The van der Waals surface area contributed by atoms with Gasteiger partial charge in [0, 0.05) is 57.2 Å². The summed E-state index contributed by atoms with van der Waals surface area (Å²) in [5.74, 6) is -3.32. The van der Waals surface area contributed by atoms with Crippen molar-refractivity contribution in [1.82, 2.24) is 26.2 Å². The van der Waals surface area contributed by atoms with Gasteiger partial charge in [0.1, 0.15) is 18.7 Å². The van der Waals surface area contributed by atoms with E-state index in [1.807, 2.05) is 0 Å². The number of nitrogens with zero attached hydrogens (tertiary/aromatic N) is 1. The van der Waals surface area contributed by atoms with Crippen LogP contribution in [0.5, 0.6) is 0 Å². The zero-order valence-electron chi connectivity index (χ0n) is 37.0. The molecule has 8 amide bonds. The number of esters is 1. The first kappa shape index (κ1) is 54.6. The summed E-state index contributed by atoms with van der Waals surface area (Å²) >= 11 is 0. The molecule has 0 radical (unpaired) electrons. The van der Waals surface area contributed by atoms with E-state index < -0.39 is 53.6 Å². The molecule has 7 N–H and O–H groups in total. The average Bonchev–Trinajstić information content (AvgIpc) is 3.58. The van der Waals surface area contributed by atoms with Crippen molar-refractivity contribution in [3.63, 3.8) is 0 Å². The lowest BCUT2D eigenvalue weighted by Gasteiger charge is -2.25. The third-order valence-corrected chi connectivity index (χ3v) is 8.90. The summed E-state index contributed by atoms with van der Waals surface area (Å²) in [6, 6.07) is 3.99. The molecule has 22 heteroatoms. The first-order valence-corrected chi connectivity index (χ1v) is 21.2. The van der Waals surface area contributed by atoms with E-state index in [-0.39, 0.29) is 70.6 Å². The van der Waals surface area contributed by atoms with Gasteiger partial charge in [-0.15, -0.1) is 0 Å². The first-order valence-electron chi connectivity index (χ1n) is 21.2. The number of benzene rings is 1. The van der Waals surface area contributed by atoms with Gasteiger partial charge in [-0.05, 0) is 36.5 Å². The highest BCUT2D eigenvalue weighted by molar-refractivity contribution is 6.13. The third kappa shape index (κ3) is 25.6. The highest BCUT2D eigenvalue weighted by atomic mass is 16.6. The fourth-order valence-corrected chi connectivity index (χ4v) is 5.51. The maximum absolute atomic E-state index is 13.4. The summed E-state index contributed by atoms with van der Waals surface area (Å²) < 4.78 is 37.7. The van der Waals surface area contributed by atoms with Crippen molar-refractivity contribution in [2.24, 2.45) is 11.7 Å². The maximum Gasteiger partial charge on any atom is 0.312 e. The van der Waals surface area contributed by atoms with Gasteiger partial charge in [0.2, 0.25) is 23.6 Å². The highest BCUT2D eigenvalue weighted by Gasteiger charge is 2.29. The van der Waals surface area contributed by atoms with Crippen LogP contribution in [0.1, 0.15) is 52.0 Å². The topological polar surface area (TPSA) is 291 Å². The summed E-state index contributed by atoms with van der Waals surface area (Å²) in [4.78, 5) is 97.5. The van der Waals surface area contributed by atoms with Crippen LogP contribution in [0.25, 0.3) is 0 Å². The van der Waals surface area contributed by atoms with Crippen LogP contribution in [0.4, 0.5) is 10.5 Å². The zero-order chi connectivity index (χ0) is 47.0. The summed E-state index contributed by atoms with van der Waals surface area (Å²) in [6.45, 7) is 9.26. The molecule has 2 atom stereocenters. The summed E-state index contributed by atoms with van der Waals surface area (Å²) in [5.41, 5.74) is 6.32. The van der Waals surface area contributed by atoms with E-state index >= 15 is 0 Å². The van der Waals surface area contributed by atoms with Crippen LogP contribution in [0, 0.1) is 5.92 Å². The lowest BCUT2D eigenvalue weighted by Crippen LogP contribution is -2.54. The van der Waals surface area contributed by atoms with Crippen molar-refractivity contribution < 1.29 is 71.5 Å². The van der Waals surface area contributed by atoms with E-state index in [9.17, 15) is 38.4 Å². The van der Waals surface area contributed by atoms with Crippen LogP contribution >= 0.6 is 0 Å². The van der Waals surface area contributed by atoms with E-state index in [0.717, 1.165) is 10.5 Å². The Morgan fingerprint density at radius 3 is 1.69 bits per heavy atom. The molecule has 0 saturated carbocycles. The molecule has 22 nitrogen and oxygen atoms in total. The number of urea groups is 1. The fourth-order valence-electron chi connectivity index (χ4n) is 5.51. The lowest BCUT2D eigenvalue weighted by molar-refractivity contribution is -0.142. The molecule has 1 aliphatic rings. The number of carbonyl (C=O) groups is 8. The number of rotatable bonds is 36. The molecule has 2 rings (SSSR count). The van der Waals surface area contributed by atoms with Gasteiger partial charge < -0.3 is 65.5 Å². The molecule has 0 aromatic heterocycles. The largest absolute Gasteiger partial charge is 0.461 e. The van der Waals surface area contributed by atoms with E-state index in [2.05, 4.69) is 26.6 Å². The van der Waals surface area contributed by atoms with E-state index in [1.165, 1.54) is 19.1 Å². The SMILES string of the molecule is CC(=O)OCc1ccc(NC(=O)[C@H](CCCNC(N)=O)NC(=O)[C@@H](NC(=O)CCOCCOCCOCCOCCOCCOCCNC(=O)CCN2C(=O)C=CC2=O)C(C)C)cc1. The molecule has 64 heavy (non-hydrogen) atoms. The minimum Gasteiger partial charge on any atom is -0.461 e. The normalized spacial score (nSPS) is 13.1. The summed E-state index contributed by atoms with van der Waals surface area (Å²) in [7, 11) is 0. The molecule has 0 spiro atoms. The number of nitrogens with one attached hydrogen (secondary N) is 5. The number of imide groups is 1. The Morgan fingerprint density at radius 2 is 1.17 bits per heavy atom. The molecule has 0 saturated heterocycles. The minimum absolute atomic E-state index is 0.00836. The van der Waals surface area contributed by atoms with Crippen LogP contribution in [0.2, 0.25) is 0 Å². The molecule has 0 fully saturated rings. The van der Waals surface area contributed by atoms with Crippen molar-refractivity contribution in [3.05, 3.63) is 42.0 Å². The quantitative estimate of drug-likeness (QED) is 0.0286. The Bertz CT molecular complexity index is 1630. The summed E-state index contributed by atoms with van der Waals surface area (Å²) in [6.07, 6.45) is 2.86. The minimum atomic E-state index is -1.00. The van der Waals surface area contributed by atoms with Crippen LogP contribution in [-0.2, 0) is 73.3 Å². The Hall–Kier alpha value is -5.52. The predicted octanol–water partition coefficient (Wildman–Crippen LogP) is -0.317. The molecule has 0 bridgehead atoms. The summed E-state index contributed by atoms with van der Waals surface area (Å²) in [5, 5.41) is 13.3. The monoisotopic (exact) mass is 907 g/mol. The third-order valence-electron chi connectivity index (χ3n) is 8.90. The van der Waals surface area contributed by atoms with Gasteiger partial charge in [0.05, 0.1) is 79.3 Å². The molecule has 1 aromatic carbocycles. The molecule has 1 aliphatic heterocycles. The number of hydrogen-bond acceptors (Lipinski definition) is 15. The first-order chi connectivity index (χ1) is 30.8. The second-order valence-corrected chi connectivity index (χ2v) is 14.4. The van der Waals surface area contributed by atoms with Gasteiger partial charge >= 0.3 is 12.0 Å². The highest BCUT2D eigenvalue weighted by Crippen LogP contribution is 2.13. The van der Waals surface area contributed by atoms with E-state index in [1.54, 1.807) is 38.1 Å². The zero-order valence-corrected chi connectivity index (χ0v) is 37.0. The van der Waals surface area contributed by atoms with Crippen LogP contribution < -0.4 is 32.3 Å². The Labute approximate surface area is 373 Å². The van der Waals surface area contributed by atoms with Gasteiger partial charge in [-0.3, -0.25) is 38.5 Å². The molecule has 1 aromatic rings. The number of anilines is 1. The van der Waals surface area contributed by atoms with Gasteiger partial charge in [-0.1, -0.05) is 26.0 Å². The van der Waals surface area contributed by atoms with Gasteiger partial charge in [-0.2, -0.15) is 0 Å². The van der Waals surface area contributed by atoms with Crippen molar-refractivity contribution >= 4 is 53.1 Å². The number of hydrogen-bond donors (Lipinski definition) is 6. The van der Waals surface area contributed by atoms with Gasteiger partial charge in [0.25, 0.3) is 11.8 Å². The van der Waals surface area contributed by atoms with Crippen molar-refractivity contribution in [2.45, 2.75) is 65.1 Å². The van der Waals surface area contributed by atoms with Crippen molar-refractivity contribution in [2.75, 3.05) is 104 Å². The number of amides is 8. The average molecular weight is 908 g/mol. The van der Waals surface area contributed by atoms with Crippen molar-refractivity contribution in [1.29, 1.82) is 0 Å². The van der Waals surface area contributed by atoms with E-state index in [0.29, 0.717) is 78.1 Å². The molecule has 0 aliphatic carbocycles. The molecule has 0 unspecified atom stereocenters. The second kappa shape index (κ2) is 33.1. The Morgan fingerprint density at radius 1 is 0.641 bits per heavy atom. The molecular weight excluding hydrogens is 842 g/mol. The smallest absolute Gasteiger partial charge is 0.312 e. The molecule has 1 heterocycles. The molecular formula is C42H65N7O15. The fraction of sp³-hybridized carbons (Fsp3) is 0.619. The van der Waals surface area contributed by atoms with Crippen molar-refractivity contribution in [3.8, 4) is 0 Å². The van der Waals surface area contributed by atoms with Gasteiger partial charge in [-0.25, -0.2) is 4.79 Å². The maximum atomic E-state index is 13.4. The lowest BCUT2D eigenvalue weighted by atomic mass is 10.0. The number of primary amides is 1. The standard InChI is InChI=1S/C42H65N7O15/c1-30(2)39(41(56)47-34(5-4-14-45-42(43)57)40(55)46-33-8-6-32(7-9-33)29-64-31(3)50)48-36(52)13-17-58-19-21-60-23-25-62-27-28-63-26-24-61-22-20-59-18-15-44-35(51)12-16-49-37(53)10-11-38(49)54/h6-11,30,34,39H,4-5,12-29H2,1-3H3,(H,44,51)(H,46,55)(H,47,56)(H,48,52)(H3,43,45,57)/t34-,39-/m0/s1. The Kier molecular flexibility index (Phi) is 28.2. The Balaban J connectivity index is 1.50. The number of ether oxygens (including phenoxy) is 7. The van der Waals surface area contributed by atoms with Crippen LogP contribution in [0.15, 0.2) is 36.4 Å². The number of nitrogens with two attached hydrogens (primary N) is 1. The van der Waals surface area contributed by atoms with Crippen LogP contribution in [-0.4, -0.2) is 163 Å². The van der Waals surface area contributed by atoms with E-state index in [4.69, 9.17) is 38.9 Å². The molecule has 358 valence electrons. The van der Waals surface area contributed by atoms with Gasteiger partial charge in [0.15, 0.2) is 0 Å². The number of carbonyl (C=O) groups excluding carboxylic acids is 8. The second-order valence-electron chi connectivity index (χ2n) is 14.4. The van der Waals surface area contributed by atoms with Crippen LogP contribution in [0.3, 0.4) is 0 Å².